The maximum absolute atomic E-state index is 12.7. The molecule has 0 saturated carbocycles. The van der Waals surface area contributed by atoms with Crippen LogP contribution in [0.3, 0.4) is 0 Å². The van der Waals surface area contributed by atoms with Gasteiger partial charge in [-0.2, -0.15) is 4.31 Å². The molecule has 142 valence electrons. The van der Waals surface area contributed by atoms with Crippen molar-refractivity contribution in [1.82, 2.24) is 9.62 Å². The van der Waals surface area contributed by atoms with Crippen LogP contribution in [-0.2, 0) is 14.8 Å². The quantitative estimate of drug-likeness (QED) is 0.786. The minimum atomic E-state index is -3.42. The van der Waals surface area contributed by atoms with E-state index in [1.54, 1.807) is 28.8 Å². The van der Waals surface area contributed by atoms with Gasteiger partial charge in [0.25, 0.3) is 10.0 Å². The Kier molecular flexibility index (Phi) is 6.17. The largest absolute Gasteiger partial charge is 0.348 e. The molecule has 0 spiro atoms. The molecule has 1 atom stereocenters. The highest BCUT2D eigenvalue weighted by Gasteiger charge is 2.33. The number of hydrogen-bond acceptors (Lipinski definition) is 5. The van der Waals surface area contributed by atoms with Gasteiger partial charge in [0, 0.05) is 23.9 Å². The van der Waals surface area contributed by atoms with Gasteiger partial charge in [0.2, 0.25) is 5.91 Å². The van der Waals surface area contributed by atoms with Crippen LogP contribution in [0.2, 0.25) is 0 Å². The summed E-state index contributed by atoms with van der Waals surface area (Å²) in [5, 5.41) is 6.96. The third-order valence-corrected chi connectivity index (χ3v) is 8.96. The maximum Gasteiger partial charge on any atom is 0.252 e. The summed E-state index contributed by atoms with van der Waals surface area (Å²) in [4.78, 5) is 13.9. The predicted octanol–water partition coefficient (Wildman–Crippen LogP) is 3.72. The second-order valence-corrected chi connectivity index (χ2v) is 10.9. The zero-order valence-electron chi connectivity index (χ0n) is 14.9. The Morgan fingerprint density at radius 2 is 1.81 bits per heavy atom. The molecule has 1 saturated heterocycles. The van der Waals surface area contributed by atoms with Crippen molar-refractivity contribution >= 4 is 38.6 Å². The van der Waals surface area contributed by atoms with Crippen molar-refractivity contribution < 1.29 is 13.2 Å². The van der Waals surface area contributed by atoms with E-state index in [0.29, 0.717) is 36.1 Å². The standard InChI is InChI=1S/C18H24N2O3S3/c1-13(2)17(15-5-3-11-24-15)19-18(21)14-7-9-20(10-8-14)26(22,23)16-6-4-12-25-16/h3-6,11-14,17H,7-10H2,1-2H3,(H,19,21)/t17-/m0/s1. The summed E-state index contributed by atoms with van der Waals surface area (Å²) < 4.78 is 27.0. The van der Waals surface area contributed by atoms with E-state index < -0.39 is 10.0 Å². The highest BCUT2D eigenvalue weighted by Crippen LogP contribution is 2.29. The lowest BCUT2D eigenvalue weighted by Crippen LogP contribution is -2.44. The number of piperidine rings is 1. The molecule has 0 aliphatic carbocycles. The third kappa shape index (κ3) is 4.19. The van der Waals surface area contributed by atoms with E-state index in [0.717, 1.165) is 4.88 Å². The Morgan fingerprint density at radius 1 is 1.15 bits per heavy atom. The Balaban J connectivity index is 1.60. The molecule has 2 aromatic rings. The molecule has 1 amide bonds. The molecule has 0 radical (unpaired) electrons. The zero-order valence-corrected chi connectivity index (χ0v) is 17.4. The van der Waals surface area contributed by atoms with Crippen LogP contribution in [0.4, 0.5) is 0 Å². The van der Waals surface area contributed by atoms with Crippen LogP contribution in [0.15, 0.2) is 39.2 Å². The van der Waals surface area contributed by atoms with E-state index in [1.807, 2.05) is 17.5 Å². The van der Waals surface area contributed by atoms with E-state index >= 15 is 0 Å². The van der Waals surface area contributed by atoms with Crippen LogP contribution in [0, 0.1) is 11.8 Å². The second kappa shape index (κ2) is 8.21. The van der Waals surface area contributed by atoms with Crippen molar-refractivity contribution in [2.24, 2.45) is 11.8 Å². The molecule has 1 aliphatic heterocycles. The SMILES string of the molecule is CC(C)[C@H](NC(=O)C1CCN(S(=O)(=O)c2cccs2)CC1)c1cccs1. The first kappa shape index (κ1) is 19.5. The number of nitrogens with zero attached hydrogens (tertiary/aromatic N) is 1. The normalized spacial score (nSPS) is 18.1. The Hall–Kier alpha value is -1.22. The number of nitrogens with one attached hydrogen (secondary N) is 1. The molecule has 5 nitrogen and oxygen atoms in total. The van der Waals surface area contributed by atoms with Gasteiger partial charge in [-0.3, -0.25) is 4.79 Å². The maximum atomic E-state index is 12.7. The lowest BCUT2D eigenvalue weighted by molar-refractivity contribution is -0.127. The van der Waals surface area contributed by atoms with E-state index in [1.165, 1.54) is 15.6 Å². The minimum Gasteiger partial charge on any atom is -0.348 e. The van der Waals surface area contributed by atoms with Gasteiger partial charge >= 0.3 is 0 Å². The Bertz CT molecular complexity index is 806. The molecule has 26 heavy (non-hydrogen) atoms. The topological polar surface area (TPSA) is 66.5 Å². The van der Waals surface area contributed by atoms with Crippen molar-refractivity contribution in [3.05, 3.63) is 39.9 Å². The molecule has 8 heteroatoms. The van der Waals surface area contributed by atoms with Crippen molar-refractivity contribution in [3.63, 3.8) is 0 Å². The van der Waals surface area contributed by atoms with Crippen molar-refractivity contribution in [2.75, 3.05) is 13.1 Å². The van der Waals surface area contributed by atoms with Crippen LogP contribution in [0.1, 0.15) is 37.6 Å². The first-order chi connectivity index (χ1) is 12.4. The number of sulfonamides is 1. The first-order valence-corrected chi connectivity index (χ1v) is 12.0. The number of carbonyl (C=O) groups excluding carboxylic acids is 1. The fourth-order valence-corrected chi connectivity index (χ4v) is 6.76. The average Bonchev–Trinajstić information content (AvgIpc) is 3.32. The minimum absolute atomic E-state index is 0.00961. The first-order valence-electron chi connectivity index (χ1n) is 8.77. The van der Waals surface area contributed by atoms with Crippen LogP contribution in [-0.4, -0.2) is 31.7 Å². The van der Waals surface area contributed by atoms with Gasteiger partial charge in [-0.25, -0.2) is 8.42 Å². The van der Waals surface area contributed by atoms with Gasteiger partial charge in [-0.05, 0) is 41.7 Å². The summed E-state index contributed by atoms with van der Waals surface area (Å²) in [6.45, 7) is 4.98. The fraction of sp³-hybridized carbons (Fsp3) is 0.500. The smallest absolute Gasteiger partial charge is 0.252 e. The molecule has 1 N–H and O–H groups in total. The number of rotatable bonds is 6. The van der Waals surface area contributed by atoms with E-state index in [9.17, 15) is 13.2 Å². The van der Waals surface area contributed by atoms with Crippen LogP contribution in [0.25, 0.3) is 0 Å². The molecule has 0 aromatic carbocycles. The van der Waals surface area contributed by atoms with Gasteiger partial charge in [0.15, 0.2) is 0 Å². The monoisotopic (exact) mass is 412 g/mol. The number of amides is 1. The second-order valence-electron chi connectivity index (χ2n) is 6.86. The summed E-state index contributed by atoms with van der Waals surface area (Å²) in [5.74, 6) is 0.202. The Morgan fingerprint density at radius 3 is 2.35 bits per heavy atom. The molecule has 0 unspecified atom stereocenters. The predicted molar refractivity (Wildman–Crippen MR) is 106 cm³/mol. The highest BCUT2D eigenvalue weighted by atomic mass is 32.2. The number of thiophene rings is 2. The average molecular weight is 413 g/mol. The van der Waals surface area contributed by atoms with Crippen molar-refractivity contribution in [1.29, 1.82) is 0 Å². The zero-order chi connectivity index (χ0) is 18.7. The van der Waals surface area contributed by atoms with E-state index in [2.05, 4.69) is 19.2 Å². The summed E-state index contributed by atoms with van der Waals surface area (Å²) in [7, 11) is -3.42. The number of carbonyl (C=O) groups is 1. The van der Waals surface area contributed by atoms with Gasteiger partial charge in [-0.1, -0.05) is 26.0 Å². The van der Waals surface area contributed by atoms with E-state index in [4.69, 9.17) is 0 Å². The molecule has 3 rings (SSSR count). The van der Waals surface area contributed by atoms with Gasteiger partial charge in [0.1, 0.15) is 4.21 Å². The van der Waals surface area contributed by atoms with Crippen molar-refractivity contribution in [3.8, 4) is 0 Å². The number of hydrogen-bond donors (Lipinski definition) is 1. The van der Waals surface area contributed by atoms with Gasteiger partial charge in [0.05, 0.1) is 6.04 Å². The third-order valence-electron chi connectivity index (χ3n) is 4.73. The molecule has 3 heterocycles. The molecule has 2 aromatic heterocycles. The summed E-state index contributed by atoms with van der Waals surface area (Å²) in [6.07, 6.45) is 1.12. The van der Waals surface area contributed by atoms with Crippen molar-refractivity contribution in [2.45, 2.75) is 36.9 Å². The molecular weight excluding hydrogens is 388 g/mol. The van der Waals surface area contributed by atoms with Gasteiger partial charge in [-0.15, -0.1) is 22.7 Å². The van der Waals surface area contributed by atoms with Crippen LogP contribution >= 0.6 is 22.7 Å². The molecule has 0 bridgehead atoms. The highest BCUT2D eigenvalue weighted by molar-refractivity contribution is 7.91. The fourth-order valence-electron chi connectivity index (χ4n) is 3.20. The molecule has 1 fully saturated rings. The summed E-state index contributed by atoms with van der Waals surface area (Å²) >= 11 is 2.88. The summed E-state index contributed by atoms with van der Waals surface area (Å²) in [6, 6.07) is 7.43. The Labute approximate surface area is 163 Å². The van der Waals surface area contributed by atoms with Crippen LogP contribution in [0.5, 0.6) is 0 Å². The lowest BCUT2D eigenvalue weighted by Gasteiger charge is -2.31. The van der Waals surface area contributed by atoms with Crippen LogP contribution < -0.4 is 5.32 Å². The molecular formula is C18H24N2O3S3. The molecule has 1 aliphatic rings. The van der Waals surface area contributed by atoms with E-state index in [-0.39, 0.29) is 17.9 Å². The lowest BCUT2D eigenvalue weighted by atomic mass is 9.95. The van der Waals surface area contributed by atoms with Gasteiger partial charge < -0.3 is 5.32 Å². The summed E-state index contributed by atoms with van der Waals surface area (Å²) in [5.41, 5.74) is 0.